The SMILES string of the molecule is CC(C)CC(=O)Nc1ccc(NC(=O)COc2ccccc2)cc1. The maximum Gasteiger partial charge on any atom is 0.262 e. The molecule has 5 heteroatoms. The van der Waals surface area contributed by atoms with Crippen LogP contribution in [0.4, 0.5) is 11.4 Å². The normalized spacial score (nSPS) is 10.3. The summed E-state index contributed by atoms with van der Waals surface area (Å²) in [6.45, 7) is 3.93. The average molecular weight is 326 g/mol. The Morgan fingerprint density at radius 1 is 0.875 bits per heavy atom. The van der Waals surface area contributed by atoms with E-state index in [4.69, 9.17) is 4.74 Å². The van der Waals surface area contributed by atoms with Crippen LogP contribution >= 0.6 is 0 Å². The molecule has 2 aromatic carbocycles. The zero-order valence-corrected chi connectivity index (χ0v) is 13.9. The van der Waals surface area contributed by atoms with E-state index < -0.39 is 0 Å². The zero-order chi connectivity index (χ0) is 17.4. The van der Waals surface area contributed by atoms with Crippen LogP contribution in [-0.4, -0.2) is 18.4 Å². The molecule has 0 aliphatic rings. The van der Waals surface area contributed by atoms with Crippen LogP contribution in [0.25, 0.3) is 0 Å². The standard InChI is InChI=1S/C19H22N2O3/c1-14(2)12-18(22)20-15-8-10-16(11-9-15)21-19(23)13-24-17-6-4-3-5-7-17/h3-11,14H,12-13H2,1-2H3,(H,20,22)(H,21,23). The van der Waals surface area contributed by atoms with Crippen LogP contribution < -0.4 is 15.4 Å². The average Bonchev–Trinajstić information content (AvgIpc) is 2.55. The van der Waals surface area contributed by atoms with Gasteiger partial charge in [-0.3, -0.25) is 9.59 Å². The summed E-state index contributed by atoms with van der Waals surface area (Å²) >= 11 is 0. The van der Waals surface area contributed by atoms with Crippen molar-refractivity contribution in [2.75, 3.05) is 17.2 Å². The van der Waals surface area contributed by atoms with Gasteiger partial charge in [0.1, 0.15) is 5.75 Å². The maximum absolute atomic E-state index is 11.9. The van der Waals surface area contributed by atoms with Crippen molar-refractivity contribution in [3.63, 3.8) is 0 Å². The Labute approximate surface area is 142 Å². The molecule has 2 rings (SSSR count). The fourth-order valence-corrected chi connectivity index (χ4v) is 2.08. The summed E-state index contributed by atoms with van der Waals surface area (Å²) in [4.78, 5) is 23.6. The predicted molar refractivity (Wildman–Crippen MR) is 95.1 cm³/mol. The topological polar surface area (TPSA) is 67.4 Å². The molecule has 2 aromatic rings. The minimum atomic E-state index is -0.240. The Hall–Kier alpha value is -2.82. The maximum atomic E-state index is 11.9. The van der Waals surface area contributed by atoms with Gasteiger partial charge in [-0.1, -0.05) is 32.0 Å². The van der Waals surface area contributed by atoms with E-state index in [-0.39, 0.29) is 18.4 Å². The van der Waals surface area contributed by atoms with Gasteiger partial charge in [0.2, 0.25) is 5.91 Å². The molecule has 0 spiro atoms. The van der Waals surface area contributed by atoms with Crippen molar-refractivity contribution in [1.82, 2.24) is 0 Å². The number of hydrogen-bond donors (Lipinski definition) is 2. The summed E-state index contributed by atoms with van der Waals surface area (Å²) in [7, 11) is 0. The monoisotopic (exact) mass is 326 g/mol. The van der Waals surface area contributed by atoms with Crippen LogP contribution in [0.3, 0.4) is 0 Å². The summed E-state index contributed by atoms with van der Waals surface area (Å²) in [5.74, 6) is 0.706. The van der Waals surface area contributed by atoms with E-state index in [1.165, 1.54) is 0 Å². The number of ether oxygens (including phenoxy) is 1. The molecule has 0 radical (unpaired) electrons. The summed E-state index contributed by atoms with van der Waals surface area (Å²) in [6, 6.07) is 16.2. The smallest absolute Gasteiger partial charge is 0.262 e. The first-order valence-electron chi connectivity index (χ1n) is 7.90. The Bertz CT molecular complexity index is 667. The highest BCUT2D eigenvalue weighted by Crippen LogP contribution is 2.15. The van der Waals surface area contributed by atoms with Crippen molar-refractivity contribution in [3.8, 4) is 5.75 Å². The number of carbonyl (C=O) groups is 2. The van der Waals surface area contributed by atoms with Crippen LogP contribution in [0.5, 0.6) is 5.75 Å². The van der Waals surface area contributed by atoms with E-state index in [0.717, 1.165) is 0 Å². The first-order valence-corrected chi connectivity index (χ1v) is 7.90. The lowest BCUT2D eigenvalue weighted by atomic mass is 10.1. The van der Waals surface area contributed by atoms with Gasteiger partial charge in [-0.2, -0.15) is 0 Å². The van der Waals surface area contributed by atoms with Crippen LogP contribution in [0, 0.1) is 5.92 Å². The fraction of sp³-hybridized carbons (Fsp3) is 0.263. The Balaban J connectivity index is 1.80. The van der Waals surface area contributed by atoms with E-state index in [1.54, 1.807) is 36.4 Å². The number of hydrogen-bond acceptors (Lipinski definition) is 3. The molecule has 2 amide bonds. The number of carbonyl (C=O) groups excluding carboxylic acids is 2. The van der Waals surface area contributed by atoms with Gasteiger partial charge in [-0.25, -0.2) is 0 Å². The van der Waals surface area contributed by atoms with Crippen LogP contribution in [-0.2, 0) is 9.59 Å². The number of amides is 2. The molecule has 24 heavy (non-hydrogen) atoms. The Kier molecular flexibility index (Phi) is 6.37. The third kappa shape index (κ3) is 6.12. The van der Waals surface area contributed by atoms with E-state index in [9.17, 15) is 9.59 Å². The van der Waals surface area contributed by atoms with Gasteiger partial charge >= 0.3 is 0 Å². The first-order chi connectivity index (χ1) is 11.5. The van der Waals surface area contributed by atoms with E-state index in [2.05, 4.69) is 10.6 Å². The van der Waals surface area contributed by atoms with Gasteiger partial charge in [0, 0.05) is 17.8 Å². The van der Waals surface area contributed by atoms with Gasteiger partial charge in [0.05, 0.1) is 0 Å². The highest BCUT2D eigenvalue weighted by Gasteiger charge is 2.06. The van der Waals surface area contributed by atoms with Crippen LogP contribution in [0.2, 0.25) is 0 Å². The van der Waals surface area contributed by atoms with E-state index in [0.29, 0.717) is 29.5 Å². The first kappa shape index (κ1) is 17.5. The second-order valence-electron chi connectivity index (χ2n) is 5.87. The highest BCUT2D eigenvalue weighted by atomic mass is 16.5. The second-order valence-corrected chi connectivity index (χ2v) is 5.87. The van der Waals surface area contributed by atoms with Gasteiger partial charge in [-0.15, -0.1) is 0 Å². The molecule has 0 aliphatic carbocycles. The molecule has 2 N–H and O–H groups in total. The van der Waals surface area contributed by atoms with Gasteiger partial charge in [0.15, 0.2) is 6.61 Å². The molecule has 0 fully saturated rings. The van der Waals surface area contributed by atoms with Crippen molar-refractivity contribution in [1.29, 1.82) is 0 Å². The Morgan fingerprint density at radius 2 is 1.42 bits per heavy atom. The molecule has 0 aliphatic heterocycles. The fourth-order valence-electron chi connectivity index (χ4n) is 2.08. The van der Waals surface area contributed by atoms with Gasteiger partial charge in [-0.05, 0) is 42.3 Å². The van der Waals surface area contributed by atoms with Crippen molar-refractivity contribution in [3.05, 3.63) is 54.6 Å². The van der Waals surface area contributed by atoms with Crippen molar-refractivity contribution in [2.45, 2.75) is 20.3 Å². The summed E-state index contributed by atoms with van der Waals surface area (Å²) in [5.41, 5.74) is 1.36. The van der Waals surface area contributed by atoms with Crippen LogP contribution in [0.15, 0.2) is 54.6 Å². The van der Waals surface area contributed by atoms with Gasteiger partial charge in [0.25, 0.3) is 5.91 Å². The molecule has 0 heterocycles. The second kappa shape index (κ2) is 8.72. The number of rotatable bonds is 7. The molecule has 0 saturated carbocycles. The quantitative estimate of drug-likeness (QED) is 0.815. The summed E-state index contributed by atoms with van der Waals surface area (Å²) in [6.07, 6.45) is 0.481. The van der Waals surface area contributed by atoms with Gasteiger partial charge < -0.3 is 15.4 Å². The molecule has 0 bridgehead atoms. The highest BCUT2D eigenvalue weighted by molar-refractivity contribution is 5.93. The molecular weight excluding hydrogens is 304 g/mol. The molecule has 5 nitrogen and oxygen atoms in total. The van der Waals surface area contributed by atoms with Crippen LogP contribution in [0.1, 0.15) is 20.3 Å². The molecule has 0 saturated heterocycles. The zero-order valence-electron chi connectivity index (χ0n) is 13.9. The number of para-hydroxylation sites is 1. The number of benzene rings is 2. The van der Waals surface area contributed by atoms with E-state index >= 15 is 0 Å². The summed E-state index contributed by atoms with van der Waals surface area (Å²) in [5, 5.41) is 5.57. The van der Waals surface area contributed by atoms with Crippen molar-refractivity contribution >= 4 is 23.2 Å². The lowest BCUT2D eigenvalue weighted by Gasteiger charge is -2.09. The lowest BCUT2D eigenvalue weighted by Crippen LogP contribution is -2.20. The lowest BCUT2D eigenvalue weighted by molar-refractivity contribution is -0.118. The molecule has 0 unspecified atom stereocenters. The van der Waals surface area contributed by atoms with Crippen molar-refractivity contribution < 1.29 is 14.3 Å². The summed E-state index contributed by atoms with van der Waals surface area (Å²) < 4.78 is 5.38. The number of nitrogens with one attached hydrogen (secondary N) is 2. The molecular formula is C19H22N2O3. The largest absolute Gasteiger partial charge is 0.484 e. The van der Waals surface area contributed by atoms with E-state index in [1.807, 2.05) is 32.0 Å². The Morgan fingerprint density at radius 3 is 1.96 bits per heavy atom. The molecule has 0 atom stereocenters. The van der Waals surface area contributed by atoms with Crippen molar-refractivity contribution in [2.24, 2.45) is 5.92 Å². The third-order valence-corrected chi connectivity index (χ3v) is 3.16. The molecule has 0 aromatic heterocycles. The minimum absolute atomic E-state index is 0.0157. The number of anilines is 2. The third-order valence-electron chi connectivity index (χ3n) is 3.16. The minimum Gasteiger partial charge on any atom is -0.484 e. The molecule has 126 valence electrons. The predicted octanol–water partition coefficient (Wildman–Crippen LogP) is 3.69.